The van der Waals surface area contributed by atoms with E-state index in [0.717, 1.165) is 23.1 Å². The second kappa shape index (κ2) is 4.81. The van der Waals surface area contributed by atoms with Crippen molar-refractivity contribution in [3.05, 3.63) is 66.0 Å². The molecule has 0 amide bonds. The molecule has 0 aliphatic rings. The Balaban J connectivity index is 2.28. The minimum absolute atomic E-state index is 0.247. The lowest BCUT2D eigenvalue weighted by Crippen LogP contribution is -1.93. The molecule has 0 saturated heterocycles. The summed E-state index contributed by atoms with van der Waals surface area (Å²) in [6.45, 7) is 2.11. The normalized spacial score (nSPS) is 10.8. The van der Waals surface area contributed by atoms with Gasteiger partial charge in [0.25, 0.3) is 0 Å². The van der Waals surface area contributed by atoms with Gasteiger partial charge in [0.05, 0.1) is 11.2 Å². The highest BCUT2D eigenvalue weighted by molar-refractivity contribution is 5.83. The van der Waals surface area contributed by atoms with Crippen molar-refractivity contribution in [3.63, 3.8) is 0 Å². The van der Waals surface area contributed by atoms with E-state index in [1.807, 2.05) is 30.3 Å². The Morgan fingerprint density at radius 3 is 2.53 bits per heavy atom. The fourth-order valence-corrected chi connectivity index (χ4v) is 2.30. The van der Waals surface area contributed by atoms with Gasteiger partial charge in [0.15, 0.2) is 0 Å². The first-order chi connectivity index (χ1) is 9.28. The standard InChI is InChI=1S/C17H14FN/c1-2-12-10-14-8-9-15(18)11-16(14)19-17(12)13-6-4-3-5-7-13/h3-11H,2H2,1H3. The lowest BCUT2D eigenvalue weighted by molar-refractivity contribution is 0.629. The van der Waals surface area contributed by atoms with Gasteiger partial charge in [-0.15, -0.1) is 0 Å². The monoisotopic (exact) mass is 251 g/mol. The highest BCUT2D eigenvalue weighted by Gasteiger charge is 2.08. The van der Waals surface area contributed by atoms with Crippen molar-refractivity contribution in [3.8, 4) is 11.3 Å². The van der Waals surface area contributed by atoms with Gasteiger partial charge >= 0.3 is 0 Å². The van der Waals surface area contributed by atoms with Crippen molar-refractivity contribution < 1.29 is 4.39 Å². The number of aryl methyl sites for hydroxylation is 1. The van der Waals surface area contributed by atoms with Crippen LogP contribution < -0.4 is 0 Å². The summed E-state index contributed by atoms with van der Waals surface area (Å²) < 4.78 is 13.3. The molecule has 2 heteroatoms. The SMILES string of the molecule is CCc1cc2ccc(F)cc2nc1-c1ccccc1. The maximum Gasteiger partial charge on any atom is 0.125 e. The number of rotatable bonds is 2. The van der Waals surface area contributed by atoms with E-state index in [9.17, 15) is 4.39 Å². The van der Waals surface area contributed by atoms with Gasteiger partial charge < -0.3 is 0 Å². The van der Waals surface area contributed by atoms with Crippen molar-refractivity contribution in [2.75, 3.05) is 0 Å². The maximum atomic E-state index is 13.3. The molecule has 1 nitrogen and oxygen atoms in total. The summed E-state index contributed by atoms with van der Waals surface area (Å²) in [7, 11) is 0. The van der Waals surface area contributed by atoms with Gasteiger partial charge in [-0.25, -0.2) is 9.37 Å². The molecule has 0 spiro atoms. The van der Waals surface area contributed by atoms with Gasteiger partial charge in [0.1, 0.15) is 5.82 Å². The van der Waals surface area contributed by atoms with Crippen LogP contribution in [0.2, 0.25) is 0 Å². The van der Waals surface area contributed by atoms with Crippen LogP contribution in [0.5, 0.6) is 0 Å². The van der Waals surface area contributed by atoms with Gasteiger partial charge in [-0.05, 0) is 30.2 Å². The van der Waals surface area contributed by atoms with E-state index in [0.29, 0.717) is 5.52 Å². The third-order valence-corrected chi connectivity index (χ3v) is 3.29. The van der Waals surface area contributed by atoms with E-state index in [2.05, 4.69) is 18.0 Å². The van der Waals surface area contributed by atoms with Crippen molar-refractivity contribution in [1.29, 1.82) is 0 Å². The van der Waals surface area contributed by atoms with Gasteiger partial charge in [0.2, 0.25) is 0 Å². The van der Waals surface area contributed by atoms with E-state index in [-0.39, 0.29) is 5.82 Å². The Morgan fingerprint density at radius 1 is 1.00 bits per heavy atom. The molecule has 2 aromatic carbocycles. The molecule has 3 aromatic rings. The molecule has 1 heterocycles. The van der Waals surface area contributed by atoms with Crippen LogP contribution in [0.25, 0.3) is 22.2 Å². The molecular formula is C17H14FN. The largest absolute Gasteiger partial charge is 0.247 e. The molecule has 0 unspecified atom stereocenters. The predicted molar refractivity (Wildman–Crippen MR) is 76.5 cm³/mol. The zero-order valence-corrected chi connectivity index (χ0v) is 10.7. The van der Waals surface area contributed by atoms with E-state index in [1.165, 1.54) is 17.7 Å². The van der Waals surface area contributed by atoms with Crippen LogP contribution in [0.1, 0.15) is 12.5 Å². The number of halogens is 1. The van der Waals surface area contributed by atoms with Crippen LogP contribution in [0.4, 0.5) is 4.39 Å². The summed E-state index contributed by atoms with van der Waals surface area (Å²) in [4.78, 5) is 4.64. The first-order valence-corrected chi connectivity index (χ1v) is 6.42. The average molecular weight is 251 g/mol. The number of aromatic nitrogens is 1. The number of nitrogens with zero attached hydrogens (tertiary/aromatic N) is 1. The first kappa shape index (κ1) is 11.8. The first-order valence-electron chi connectivity index (χ1n) is 6.42. The van der Waals surface area contributed by atoms with Crippen molar-refractivity contribution >= 4 is 10.9 Å². The van der Waals surface area contributed by atoms with E-state index in [1.54, 1.807) is 6.07 Å². The number of fused-ring (bicyclic) bond motifs is 1. The molecule has 94 valence electrons. The number of pyridine rings is 1. The summed E-state index contributed by atoms with van der Waals surface area (Å²) in [6, 6.07) is 16.9. The summed E-state index contributed by atoms with van der Waals surface area (Å²) in [5.74, 6) is -0.247. The Bertz CT molecular complexity index is 720. The molecule has 0 N–H and O–H groups in total. The molecule has 0 fully saturated rings. The van der Waals surface area contributed by atoms with Crippen LogP contribution in [0.15, 0.2) is 54.6 Å². The smallest absolute Gasteiger partial charge is 0.125 e. The molecule has 0 atom stereocenters. The van der Waals surface area contributed by atoms with Crippen LogP contribution in [-0.4, -0.2) is 4.98 Å². The van der Waals surface area contributed by atoms with Crippen LogP contribution >= 0.6 is 0 Å². The molecular weight excluding hydrogens is 237 g/mol. The Hall–Kier alpha value is -2.22. The molecule has 0 bridgehead atoms. The minimum atomic E-state index is -0.247. The third kappa shape index (κ3) is 2.22. The van der Waals surface area contributed by atoms with Gasteiger partial charge in [-0.2, -0.15) is 0 Å². The molecule has 19 heavy (non-hydrogen) atoms. The minimum Gasteiger partial charge on any atom is -0.247 e. The highest BCUT2D eigenvalue weighted by Crippen LogP contribution is 2.26. The Morgan fingerprint density at radius 2 is 1.79 bits per heavy atom. The number of benzene rings is 2. The van der Waals surface area contributed by atoms with E-state index < -0.39 is 0 Å². The highest BCUT2D eigenvalue weighted by atomic mass is 19.1. The van der Waals surface area contributed by atoms with Crippen molar-refractivity contribution in [2.45, 2.75) is 13.3 Å². The summed E-state index contributed by atoms with van der Waals surface area (Å²) >= 11 is 0. The summed E-state index contributed by atoms with van der Waals surface area (Å²) in [6.07, 6.45) is 0.907. The maximum absolute atomic E-state index is 13.3. The quantitative estimate of drug-likeness (QED) is 0.648. The fourth-order valence-electron chi connectivity index (χ4n) is 2.30. The molecule has 0 aliphatic heterocycles. The second-order valence-corrected chi connectivity index (χ2v) is 4.55. The van der Waals surface area contributed by atoms with Crippen molar-refractivity contribution in [1.82, 2.24) is 4.98 Å². The summed E-state index contributed by atoms with van der Waals surface area (Å²) in [5, 5.41) is 0.984. The van der Waals surface area contributed by atoms with Crippen LogP contribution in [0.3, 0.4) is 0 Å². The van der Waals surface area contributed by atoms with Gasteiger partial charge in [0, 0.05) is 17.0 Å². The topological polar surface area (TPSA) is 12.9 Å². The van der Waals surface area contributed by atoms with Gasteiger partial charge in [-0.1, -0.05) is 37.3 Å². The third-order valence-electron chi connectivity index (χ3n) is 3.29. The molecule has 1 aromatic heterocycles. The summed E-state index contributed by atoms with van der Waals surface area (Å²) in [5.41, 5.74) is 3.91. The lowest BCUT2D eigenvalue weighted by atomic mass is 10.0. The van der Waals surface area contributed by atoms with Crippen molar-refractivity contribution in [2.24, 2.45) is 0 Å². The number of hydrogen-bond donors (Lipinski definition) is 0. The fraction of sp³-hybridized carbons (Fsp3) is 0.118. The number of hydrogen-bond acceptors (Lipinski definition) is 1. The van der Waals surface area contributed by atoms with Gasteiger partial charge in [-0.3, -0.25) is 0 Å². The predicted octanol–water partition coefficient (Wildman–Crippen LogP) is 4.60. The van der Waals surface area contributed by atoms with Crippen LogP contribution in [-0.2, 0) is 6.42 Å². The Kier molecular flexibility index (Phi) is 3.00. The average Bonchev–Trinajstić information content (AvgIpc) is 2.46. The molecule has 0 aliphatic carbocycles. The second-order valence-electron chi connectivity index (χ2n) is 4.55. The zero-order valence-electron chi connectivity index (χ0n) is 10.7. The van der Waals surface area contributed by atoms with E-state index >= 15 is 0 Å². The molecule has 3 rings (SSSR count). The van der Waals surface area contributed by atoms with E-state index in [4.69, 9.17) is 0 Å². The van der Waals surface area contributed by atoms with Crippen LogP contribution in [0, 0.1) is 5.82 Å². The molecule has 0 saturated carbocycles. The lowest BCUT2D eigenvalue weighted by Gasteiger charge is -2.09. The Labute approximate surface area is 111 Å². The molecule has 0 radical (unpaired) electrons. The zero-order chi connectivity index (χ0) is 13.2.